The smallest absolute Gasteiger partial charge is 0.191 e. The summed E-state index contributed by atoms with van der Waals surface area (Å²) in [6.07, 6.45) is 4.75. The summed E-state index contributed by atoms with van der Waals surface area (Å²) in [5, 5.41) is 11.1. The molecule has 0 bridgehead atoms. The summed E-state index contributed by atoms with van der Waals surface area (Å²) >= 11 is 0. The zero-order valence-electron chi connectivity index (χ0n) is 18.7. The summed E-state index contributed by atoms with van der Waals surface area (Å²) in [6, 6.07) is 2.05. The summed E-state index contributed by atoms with van der Waals surface area (Å²) in [7, 11) is 0. The van der Waals surface area contributed by atoms with Gasteiger partial charge in [0.2, 0.25) is 0 Å². The summed E-state index contributed by atoms with van der Waals surface area (Å²) < 4.78 is 11.6. The molecule has 2 rings (SSSR count). The van der Waals surface area contributed by atoms with Gasteiger partial charge in [-0.2, -0.15) is 0 Å². The topological polar surface area (TPSA) is 71.7 Å². The molecule has 2 unspecified atom stereocenters. The molecule has 0 aromatic carbocycles. The van der Waals surface area contributed by atoms with Crippen LogP contribution in [0.1, 0.15) is 84.6 Å². The van der Waals surface area contributed by atoms with E-state index >= 15 is 0 Å². The van der Waals surface area contributed by atoms with Crippen molar-refractivity contribution in [3.8, 4) is 0 Å². The van der Waals surface area contributed by atoms with Gasteiger partial charge in [-0.1, -0.05) is 39.8 Å². The van der Waals surface area contributed by atoms with E-state index in [1.807, 2.05) is 0 Å². The number of hydrogen-bond acceptors (Lipinski definition) is 4. The lowest BCUT2D eigenvalue weighted by molar-refractivity contribution is -0.0835. The molecular weight excluding hydrogens is 352 g/mol. The molecule has 1 aliphatic rings. The molecule has 28 heavy (non-hydrogen) atoms. The average molecular weight is 393 g/mol. The van der Waals surface area contributed by atoms with Crippen molar-refractivity contribution in [1.82, 2.24) is 15.8 Å². The Morgan fingerprint density at radius 1 is 1.25 bits per heavy atom. The van der Waals surface area contributed by atoms with Crippen LogP contribution in [0.25, 0.3) is 0 Å². The van der Waals surface area contributed by atoms with E-state index in [0.717, 1.165) is 56.4 Å². The van der Waals surface area contributed by atoms with Crippen LogP contribution in [0.5, 0.6) is 0 Å². The van der Waals surface area contributed by atoms with E-state index in [2.05, 4.69) is 63.4 Å². The Bertz CT molecular complexity index is 602. The number of nitrogens with one attached hydrogen (secondary N) is 2. The molecule has 160 valence electrons. The van der Waals surface area contributed by atoms with Crippen LogP contribution in [-0.2, 0) is 11.3 Å². The molecule has 1 fully saturated rings. The van der Waals surface area contributed by atoms with Gasteiger partial charge in [-0.25, -0.2) is 4.99 Å². The minimum atomic E-state index is 0.146. The van der Waals surface area contributed by atoms with Crippen molar-refractivity contribution >= 4 is 5.96 Å². The van der Waals surface area contributed by atoms with E-state index in [4.69, 9.17) is 14.3 Å². The number of aliphatic imine (C=N–C) groups is 1. The lowest BCUT2D eigenvalue weighted by atomic mass is 9.78. The highest BCUT2D eigenvalue weighted by atomic mass is 16.5. The highest BCUT2D eigenvalue weighted by molar-refractivity contribution is 5.79. The van der Waals surface area contributed by atoms with Gasteiger partial charge < -0.3 is 19.9 Å². The molecule has 0 aliphatic carbocycles. The minimum absolute atomic E-state index is 0.146. The normalized spacial score (nSPS) is 21.2. The van der Waals surface area contributed by atoms with Crippen molar-refractivity contribution in [3.05, 3.63) is 17.5 Å². The van der Waals surface area contributed by atoms with Crippen LogP contribution in [0.4, 0.5) is 0 Å². The van der Waals surface area contributed by atoms with Crippen LogP contribution in [0.2, 0.25) is 0 Å². The first-order chi connectivity index (χ1) is 13.4. The first kappa shape index (κ1) is 22.7. The summed E-state index contributed by atoms with van der Waals surface area (Å²) in [5.41, 5.74) is 1.19. The summed E-state index contributed by atoms with van der Waals surface area (Å²) in [6.45, 7) is 16.3. The molecule has 6 heteroatoms. The predicted octanol–water partition coefficient (Wildman–Crippen LogP) is 4.47. The third-order valence-electron chi connectivity index (χ3n) is 5.55. The molecule has 1 aliphatic heterocycles. The molecule has 6 nitrogen and oxygen atoms in total. The van der Waals surface area contributed by atoms with E-state index in [0.29, 0.717) is 18.4 Å². The van der Waals surface area contributed by atoms with E-state index < -0.39 is 0 Å². The number of hydrogen-bond donors (Lipinski definition) is 2. The molecule has 2 atom stereocenters. The number of aromatic nitrogens is 1. The van der Waals surface area contributed by atoms with E-state index in [1.165, 1.54) is 6.42 Å². The first-order valence-corrected chi connectivity index (χ1v) is 11.0. The Hall–Kier alpha value is -1.56. The van der Waals surface area contributed by atoms with Crippen molar-refractivity contribution in [2.24, 2.45) is 16.3 Å². The van der Waals surface area contributed by atoms with Gasteiger partial charge in [-0.05, 0) is 38.0 Å². The van der Waals surface area contributed by atoms with Crippen LogP contribution >= 0.6 is 0 Å². The molecule has 1 aromatic rings. The molecule has 0 amide bonds. The van der Waals surface area contributed by atoms with Crippen LogP contribution in [0.3, 0.4) is 0 Å². The van der Waals surface area contributed by atoms with Crippen LogP contribution in [0.15, 0.2) is 15.6 Å². The van der Waals surface area contributed by atoms with E-state index in [1.54, 1.807) is 0 Å². The molecule has 0 saturated carbocycles. The Morgan fingerprint density at radius 3 is 2.64 bits per heavy atom. The fourth-order valence-electron chi connectivity index (χ4n) is 4.04. The van der Waals surface area contributed by atoms with Gasteiger partial charge in [-0.3, -0.25) is 0 Å². The highest BCUT2D eigenvalue weighted by Gasteiger charge is 2.35. The maximum absolute atomic E-state index is 6.10. The first-order valence-electron chi connectivity index (χ1n) is 11.0. The standard InChI is InChI=1S/C22H40N4O2/c1-7-16(8-2)19-13-18(28-26-19)15-25-21(23-9-3)24-14-17-11-10-12-27-20(17)22(4,5)6/h13,16-17,20H,7-12,14-15H2,1-6H3,(H2,23,24,25). The van der Waals surface area contributed by atoms with Crippen molar-refractivity contribution in [2.45, 2.75) is 85.8 Å². The highest BCUT2D eigenvalue weighted by Crippen LogP contribution is 2.33. The second kappa shape index (κ2) is 10.8. The zero-order chi connectivity index (χ0) is 20.6. The summed E-state index contributed by atoms with van der Waals surface area (Å²) in [5.74, 6) is 2.59. The van der Waals surface area contributed by atoms with Gasteiger partial charge in [0, 0.05) is 37.6 Å². The molecule has 1 aromatic heterocycles. The minimum Gasteiger partial charge on any atom is -0.377 e. The molecule has 0 spiro atoms. The maximum Gasteiger partial charge on any atom is 0.191 e. The van der Waals surface area contributed by atoms with Crippen molar-refractivity contribution in [2.75, 3.05) is 19.7 Å². The average Bonchev–Trinajstić information content (AvgIpc) is 3.13. The summed E-state index contributed by atoms with van der Waals surface area (Å²) in [4.78, 5) is 4.70. The Labute approximate surface area is 170 Å². The van der Waals surface area contributed by atoms with Crippen molar-refractivity contribution in [3.63, 3.8) is 0 Å². The maximum atomic E-state index is 6.10. The van der Waals surface area contributed by atoms with Gasteiger partial charge in [0.05, 0.1) is 11.8 Å². The monoisotopic (exact) mass is 392 g/mol. The fraction of sp³-hybridized carbons (Fsp3) is 0.818. The van der Waals surface area contributed by atoms with E-state index in [-0.39, 0.29) is 11.5 Å². The zero-order valence-corrected chi connectivity index (χ0v) is 18.7. The van der Waals surface area contributed by atoms with Crippen LogP contribution < -0.4 is 10.6 Å². The van der Waals surface area contributed by atoms with E-state index in [9.17, 15) is 0 Å². The molecule has 2 N–H and O–H groups in total. The lowest BCUT2D eigenvalue weighted by Crippen LogP contribution is -2.47. The Balaban J connectivity index is 1.96. The fourth-order valence-corrected chi connectivity index (χ4v) is 4.04. The SMILES string of the molecule is CCNC(=NCc1cc(C(CC)CC)no1)NCC1CCCOC1C(C)(C)C. The molecular formula is C22H40N4O2. The van der Waals surface area contributed by atoms with Gasteiger partial charge in [0.25, 0.3) is 0 Å². The van der Waals surface area contributed by atoms with Gasteiger partial charge >= 0.3 is 0 Å². The Kier molecular flexibility index (Phi) is 8.80. The second-order valence-corrected chi connectivity index (χ2v) is 8.87. The molecule has 2 heterocycles. The van der Waals surface area contributed by atoms with Gasteiger partial charge in [0.15, 0.2) is 11.7 Å². The van der Waals surface area contributed by atoms with Crippen molar-refractivity contribution in [1.29, 1.82) is 0 Å². The van der Waals surface area contributed by atoms with Gasteiger partial charge in [-0.15, -0.1) is 0 Å². The Morgan fingerprint density at radius 2 is 2.00 bits per heavy atom. The largest absolute Gasteiger partial charge is 0.377 e. The third kappa shape index (κ3) is 6.50. The number of guanidine groups is 1. The second-order valence-electron chi connectivity index (χ2n) is 8.87. The van der Waals surface area contributed by atoms with Crippen LogP contribution in [0, 0.1) is 11.3 Å². The van der Waals surface area contributed by atoms with Gasteiger partial charge in [0.1, 0.15) is 6.54 Å². The lowest BCUT2D eigenvalue weighted by Gasteiger charge is -2.40. The molecule has 0 radical (unpaired) electrons. The van der Waals surface area contributed by atoms with Crippen molar-refractivity contribution < 1.29 is 9.26 Å². The van der Waals surface area contributed by atoms with Crippen LogP contribution in [-0.4, -0.2) is 36.9 Å². The number of rotatable bonds is 8. The quantitative estimate of drug-likeness (QED) is 0.504. The number of ether oxygens (including phenoxy) is 1. The third-order valence-corrected chi connectivity index (χ3v) is 5.55. The molecule has 1 saturated heterocycles. The predicted molar refractivity (Wildman–Crippen MR) is 115 cm³/mol. The number of nitrogens with zero attached hydrogens (tertiary/aromatic N) is 2.